The summed E-state index contributed by atoms with van der Waals surface area (Å²) >= 11 is 2.93. The number of benzene rings is 4. The maximum Gasteiger partial charge on any atom is 0.283 e. The van der Waals surface area contributed by atoms with E-state index in [9.17, 15) is 9.59 Å². The van der Waals surface area contributed by atoms with Gasteiger partial charge in [-0.15, -0.1) is 0 Å². The van der Waals surface area contributed by atoms with Crippen LogP contribution >= 0.6 is 23.5 Å². The summed E-state index contributed by atoms with van der Waals surface area (Å²) in [5.74, 6) is -0.162. The smallest absolute Gasteiger partial charge is 0.278 e. The number of amides is 2. The van der Waals surface area contributed by atoms with Gasteiger partial charge in [-0.1, -0.05) is 96.3 Å². The van der Waals surface area contributed by atoms with Crippen molar-refractivity contribution in [2.45, 2.75) is 9.79 Å². The van der Waals surface area contributed by atoms with E-state index in [1.807, 2.05) is 109 Å². The quantitative estimate of drug-likeness (QED) is 0.273. The molecular formula is C30H21N3O2S2. The molecule has 2 amide bonds. The molecule has 6 rings (SSSR count). The lowest BCUT2D eigenvalue weighted by molar-refractivity contribution is -0.115. The van der Waals surface area contributed by atoms with Crippen molar-refractivity contribution >= 4 is 63.6 Å². The van der Waals surface area contributed by atoms with Crippen molar-refractivity contribution in [1.82, 2.24) is 0 Å². The number of fused-ring (bicyclic) bond motifs is 2. The number of thioether (sulfide) groups is 1. The molecule has 0 aromatic heterocycles. The molecule has 0 unspecified atom stereocenters. The van der Waals surface area contributed by atoms with Crippen molar-refractivity contribution in [3.05, 3.63) is 120 Å². The number of aliphatic imine (C=N–C) groups is 1. The van der Waals surface area contributed by atoms with Crippen molar-refractivity contribution in [2.75, 3.05) is 15.6 Å². The van der Waals surface area contributed by atoms with Gasteiger partial charge in [-0.05, 0) is 48.0 Å². The fourth-order valence-electron chi connectivity index (χ4n) is 4.27. The maximum atomic E-state index is 13.7. The van der Waals surface area contributed by atoms with E-state index < -0.39 is 0 Å². The Bertz CT molecular complexity index is 1510. The fourth-order valence-corrected chi connectivity index (χ4v) is 6.19. The van der Waals surface area contributed by atoms with E-state index in [0.717, 1.165) is 26.7 Å². The third-order valence-corrected chi connectivity index (χ3v) is 8.01. The molecule has 0 spiro atoms. The first kappa shape index (κ1) is 23.3. The van der Waals surface area contributed by atoms with Crippen LogP contribution < -0.4 is 9.80 Å². The number of carbonyl (C=O) groups is 2. The molecule has 7 heteroatoms. The Morgan fingerprint density at radius 3 is 2.00 bits per heavy atom. The van der Waals surface area contributed by atoms with Gasteiger partial charge < -0.3 is 0 Å². The molecule has 0 atom stereocenters. The van der Waals surface area contributed by atoms with E-state index in [1.54, 1.807) is 27.6 Å². The summed E-state index contributed by atoms with van der Waals surface area (Å²) in [6.45, 7) is 0. The van der Waals surface area contributed by atoms with Gasteiger partial charge in [0, 0.05) is 9.79 Å². The van der Waals surface area contributed by atoms with Gasteiger partial charge in [0.25, 0.3) is 5.91 Å². The summed E-state index contributed by atoms with van der Waals surface area (Å²) in [7, 11) is 0. The Kier molecular flexibility index (Phi) is 6.39. The highest BCUT2D eigenvalue weighted by atomic mass is 32.2. The van der Waals surface area contributed by atoms with Gasteiger partial charge in [-0.2, -0.15) is 0 Å². The number of hydrogen-bond donors (Lipinski definition) is 0. The van der Waals surface area contributed by atoms with Crippen molar-refractivity contribution < 1.29 is 9.59 Å². The van der Waals surface area contributed by atoms with Gasteiger partial charge in [-0.3, -0.25) is 19.4 Å². The Balaban J connectivity index is 1.31. The lowest BCUT2D eigenvalue weighted by Gasteiger charge is -2.31. The number of para-hydroxylation sites is 3. The first-order chi connectivity index (χ1) is 18.2. The fraction of sp³-hybridized carbons (Fsp3) is 0.0333. The van der Waals surface area contributed by atoms with Gasteiger partial charge in [0.05, 0.1) is 22.8 Å². The van der Waals surface area contributed by atoms with Crippen LogP contribution in [0.1, 0.15) is 5.56 Å². The zero-order chi connectivity index (χ0) is 25.2. The highest BCUT2D eigenvalue weighted by molar-refractivity contribution is 8.14. The van der Waals surface area contributed by atoms with Gasteiger partial charge in [0.1, 0.15) is 5.70 Å². The maximum absolute atomic E-state index is 13.7. The number of rotatable bonds is 4. The molecule has 37 heavy (non-hydrogen) atoms. The molecule has 5 nitrogen and oxygen atoms in total. The predicted octanol–water partition coefficient (Wildman–Crippen LogP) is 6.99. The first-order valence-corrected chi connectivity index (χ1v) is 13.6. The average molecular weight is 520 g/mol. The number of amidine groups is 1. The van der Waals surface area contributed by atoms with Crippen LogP contribution in [0, 0.1) is 0 Å². The molecule has 0 saturated carbocycles. The van der Waals surface area contributed by atoms with Crippen LogP contribution in [-0.4, -0.2) is 22.7 Å². The summed E-state index contributed by atoms with van der Waals surface area (Å²) in [6, 6.07) is 34.9. The van der Waals surface area contributed by atoms with E-state index in [4.69, 9.17) is 0 Å². The second-order valence-corrected chi connectivity index (χ2v) is 10.4. The summed E-state index contributed by atoms with van der Waals surface area (Å²) in [4.78, 5) is 37.2. The van der Waals surface area contributed by atoms with E-state index in [1.165, 1.54) is 11.8 Å². The molecular weight excluding hydrogens is 498 g/mol. The van der Waals surface area contributed by atoms with Gasteiger partial charge in [0.15, 0.2) is 5.17 Å². The van der Waals surface area contributed by atoms with Gasteiger partial charge >= 0.3 is 0 Å². The van der Waals surface area contributed by atoms with Crippen LogP contribution in [0.5, 0.6) is 0 Å². The zero-order valence-electron chi connectivity index (χ0n) is 19.7. The Labute approximate surface area is 223 Å². The summed E-state index contributed by atoms with van der Waals surface area (Å²) in [6.07, 6.45) is 1.78. The lowest BCUT2D eigenvalue weighted by atomic mass is 10.2. The van der Waals surface area contributed by atoms with Crippen LogP contribution in [0.3, 0.4) is 0 Å². The minimum atomic E-state index is -0.213. The van der Waals surface area contributed by atoms with Crippen molar-refractivity contribution in [2.24, 2.45) is 4.99 Å². The minimum absolute atomic E-state index is 0.0751. The van der Waals surface area contributed by atoms with Crippen molar-refractivity contribution in [1.29, 1.82) is 0 Å². The summed E-state index contributed by atoms with van der Waals surface area (Å²) in [5.41, 5.74) is 3.68. The third kappa shape index (κ3) is 4.59. The molecule has 2 aliphatic heterocycles. The second kappa shape index (κ2) is 10.1. The normalized spacial score (nSPS) is 15.4. The molecule has 4 aromatic carbocycles. The Hall–Kier alpha value is -4.07. The van der Waals surface area contributed by atoms with Crippen LogP contribution in [0.15, 0.2) is 130 Å². The standard InChI is InChI=1S/C30H21N3O2S2/c34-28(33-24-15-7-9-17-26(24)37-27-18-10-8-16-25(27)33)20-36-30-31-23(19-21-11-3-1-4-12-21)29(35)32(30)22-13-5-2-6-14-22/h1-19H,20H2/b23-19+. The number of anilines is 3. The number of carbonyl (C=O) groups excluding carboxylic acids is 2. The summed E-state index contributed by atoms with van der Waals surface area (Å²) in [5, 5.41) is 0.486. The molecule has 0 N–H and O–H groups in total. The highest BCUT2D eigenvalue weighted by Gasteiger charge is 2.34. The monoisotopic (exact) mass is 519 g/mol. The predicted molar refractivity (Wildman–Crippen MR) is 152 cm³/mol. The SMILES string of the molecule is O=C1/C(=C\c2ccccc2)N=C(SCC(=O)N2c3ccccc3Sc3ccccc32)N1c1ccccc1. The largest absolute Gasteiger partial charge is 0.283 e. The number of hydrogen-bond acceptors (Lipinski definition) is 5. The van der Waals surface area contributed by atoms with Crippen LogP contribution in [0.2, 0.25) is 0 Å². The topological polar surface area (TPSA) is 53.0 Å². The molecule has 2 aliphatic rings. The third-order valence-electron chi connectivity index (χ3n) is 5.95. The Morgan fingerprint density at radius 2 is 1.35 bits per heavy atom. The van der Waals surface area contributed by atoms with Crippen LogP contribution in [0.25, 0.3) is 6.08 Å². The van der Waals surface area contributed by atoms with Crippen LogP contribution in [0.4, 0.5) is 17.1 Å². The van der Waals surface area contributed by atoms with Crippen molar-refractivity contribution in [3.63, 3.8) is 0 Å². The molecule has 0 fully saturated rings. The van der Waals surface area contributed by atoms with E-state index >= 15 is 0 Å². The highest BCUT2D eigenvalue weighted by Crippen LogP contribution is 2.48. The first-order valence-electron chi connectivity index (χ1n) is 11.8. The summed E-state index contributed by atoms with van der Waals surface area (Å²) < 4.78 is 0. The molecule has 0 saturated heterocycles. The van der Waals surface area contributed by atoms with Gasteiger partial charge in [0.2, 0.25) is 5.91 Å². The Morgan fingerprint density at radius 1 is 0.784 bits per heavy atom. The van der Waals surface area contributed by atoms with E-state index in [-0.39, 0.29) is 17.6 Å². The molecule has 0 bridgehead atoms. The molecule has 4 aromatic rings. The second-order valence-electron chi connectivity index (χ2n) is 8.37. The average Bonchev–Trinajstić information content (AvgIpc) is 3.25. The zero-order valence-corrected chi connectivity index (χ0v) is 21.3. The number of nitrogens with zero attached hydrogens (tertiary/aromatic N) is 3. The van der Waals surface area contributed by atoms with Crippen LogP contribution in [-0.2, 0) is 9.59 Å². The lowest BCUT2D eigenvalue weighted by Crippen LogP contribution is -2.33. The van der Waals surface area contributed by atoms with Crippen molar-refractivity contribution in [3.8, 4) is 0 Å². The minimum Gasteiger partial charge on any atom is -0.278 e. The van der Waals surface area contributed by atoms with Gasteiger partial charge in [-0.25, -0.2) is 4.99 Å². The molecule has 0 radical (unpaired) electrons. The molecule has 0 aliphatic carbocycles. The molecule has 180 valence electrons. The molecule has 2 heterocycles. The van der Waals surface area contributed by atoms with E-state index in [2.05, 4.69) is 4.99 Å². The van der Waals surface area contributed by atoms with E-state index in [0.29, 0.717) is 16.6 Å².